The fourth-order valence-electron chi connectivity index (χ4n) is 5.90. The number of carbonyl (C=O) groups is 2. The minimum Gasteiger partial charge on any atom is -0.488 e. The van der Waals surface area contributed by atoms with Crippen LogP contribution in [-0.4, -0.2) is 63.8 Å². The van der Waals surface area contributed by atoms with Crippen molar-refractivity contribution in [3.05, 3.63) is 47.5 Å². The van der Waals surface area contributed by atoms with Crippen molar-refractivity contribution in [1.29, 1.82) is 0 Å². The third kappa shape index (κ3) is 15.2. The topological polar surface area (TPSA) is 89.5 Å². The molecule has 8 nitrogen and oxygen atoms in total. The fraction of sp³-hybridized carbons (Fsp3) is 0.619. The Balaban J connectivity index is 1.78. The Morgan fingerprint density at radius 1 is 0.549 bits per heavy atom. The van der Waals surface area contributed by atoms with Crippen molar-refractivity contribution < 1.29 is 38.0 Å². The Kier molecular flexibility index (Phi) is 20.8. The highest BCUT2D eigenvalue weighted by Gasteiger charge is 2.22. The molecule has 0 bridgehead atoms. The first kappa shape index (κ1) is 42.3. The van der Waals surface area contributed by atoms with Crippen molar-refractivity contribution in [2.24, 2.45) is 0 Å². The van der Waals surface area contributed by atoms with Gasteiger partial charge >= 0.3 is 11.9 Å². The third-order valence-electron chi connectivity index (χ3n) is 8.78. The number of hydrogen-bond acceptors (Lipinski definition) is 8. The number of esters is 2. The first-order valence-corrected chi connectivity index (χ1v) is 19.7. The smallest absolute Gasteiger partial charge is 0.305 e. The number of carbonyl (C=O) groups excluding carboxylic acids is 2. The van der Waals surface area contributed by atoms with Gasteiger partial charge < -0.3 is 28.4 Å². The Hall–Kier alpha value is -3.07. The summed E-state index contributed by atoms with van der Waals surface area (Å²) in [6.07, 6.45) is 13.4. The SMILES string of the molecule is CCCCCCCCOCC(COc1c2ccccc2c(OCC(COCCCCCCCC)OC(=O)CC)c2cc(Cl)ccc12)OC(=O)CC. The number of unbranched alkanes of at least 4 members (excludes halogenated alkanes) is 10. The van der Waals surface area contributed by atoms with Gasteiger partial charge in [-0.1, -0.05) is 128 Å². The zero-order chi connectivity index (χ0) is 36.7. The number of rotatable bonds is 28. The van der Waals surface area contributed by atoms with Crippen LogP contribution in [0, 0.1) is 0 Å². The molecule has 0 heterocycles. The normalized spacial score (nSPS) is 12.6. The van der Waals surface area contributed by atoms with Gasteiger partial charge in [0.15, 0.2) is 12.2 Å². The van der Waals surface area contributed by atoms with Crippen LogP contribution in [0.5, 0.6) is 11.5 Å². The van der Waals surface area contributed by atoms with E-state index in [1.54, 1.807) is 13.8 Å². The van der Waals surface area contributed by atoms with Crippen LogP contribution in [0.3, 0.4) is 0 Å². The standard InChI is InChI=1S/C42H61ClO8/c1-5-9-11-13-15-19-25-46-28-33(50-39(44)7-3)30-48-41-35-21-17-18-22-36(35)42(38-27-32(43)23-24-37(38)41)49-31-34(51-40(45)8-4)29-47-26-20-16-14-12-10-6-2/h17-18,21-24,27,33-34H,5-16,19-20,25-26,28-31H2,1-4H3. The van der Waals surface area contributed by atoms with Crippen LogP contribution in [0.2, 0.25) is 5.02 Å². The summed E-state index contributed by atoms with van der Waals surface area (Å²) in [6.45, 7) is 9.92. The van der Waals surface area contributed by atoms with Crippen LogP contribution in [-0.2, 0) is 28.5 Å². The van der Waals surface area contributed by atoms with Gasteiger partial charge in [0.25, 0.3) is 0 Å². The summed E-state index contributed by atoms with van der Waals surface area (Å²) < 4.78 is 36.4. The summed E-state index contributed by atoms with van der Waals surface area (Å²) in [6, 6.07) is 13.4. The highest BCUT2D eigenvalue weighted by molar-refractivity contribution is 6.31. The maximum absolute atomic E-state index is 12.3. The lowest BCUT2D eigenvalue weighted by Crippen LogP contribution is -2.30. The third-order valence-corrected chi connectivity index (χ3v) is 9.01. The molecule has 0 radical (unpaired) electrons. The summed E-state index contributed by atoms with van der Waals surface area (Å²) in [5, 5.41) is 3.74. The largest absolute Gasteiger partial charge is 0.488 e. The number of halogens is 1. The second-order valence-electron chi connectivity index (χ2n) is 13.1. The Labute approximate surface area is 310 Å². The predicted molar refractivity (Wildman–Crippen MR) is 206 cm³/mol. The summed E-state index contributed by atoms with van der Waals surface area (Å²) in [5.41, 5.74) is 0. The highest BCUT2D eigenvalue weighted by atomic mass is 35.5. The Bertz CT molecular complexity index is 1440. The van der Waals surface area contributed by atoms with Crippen LogP contribution in [0.25, 0.3) is 21.5 Å². The van der Waals surface area contributed by atoms with Gasteiger partial charge in [0, 0.05) is 52.6 Å². The lowest BCUT2D eigenvalue weighted by Gasteiger charge is -2.23. The monoisotopic (exact) mass is 728 g/mol. The number of fused-ring (bicyclic) bond motifs is 2. The first-order chi connectivity index (χ1) is 24.9. The van der Waals surface area contributed by atoms with Crippen LogP contribution in [0.4, 0.5) is 0 Å². The van der Waals surface area contributed by atoms with E-state index in [0.29, 0.717) is 29.7 Å². The van der Waals surface area contributed by atoms with Gasteiger partial charge in [-0.15, -0.1) is 0 Å². The van der Waals surface area contributed by atoms with Gasteiger partial charge in [-0.2, -0.15) is 0 Å². The van der Waals surface area contributed by atoms with Gasteiger partial charge in [-0.3, -0.25) is 9.59 Å². The summed E-state index contributed by atoms with van der Waals surface area (Å²) in [4.78, 5) is 24.7. The van der Waals surface area contributed by atoms with Crippen molar-refractivity contribution in [3.8, 4) is 11.5 Å². The summed E-state index contributed by atoms with van der Waals surface area (Å²) in [5.74, 6) is 0.642. The van der Waals surface area contributed by atoms with E-state index in [4.69, 9.17) is 40.0 Å². The molecule has 3 aromatic carbocycles. The second kappa shape index (κ2) is 25.0. The molecule has 3 aromatic rings. The summed E-state index contributed by atoms with van der Waals surface area (Å²) in [7, 11) is 0. The van der Waals surface area contributed by atoms with E-state index in [-0.39, 0.29) is 51.2 Å². The average molecular weight is 729 g/mol. The summed E-state index contributed by atoms with van der Waals surface area (Å²) >= 11 is 6.54. The molecule has 0 saturated heterocycles. The van der Waals surface area contributed by atoms with Gasteiger partial charge in [0.05, 0.1) is 13.2 Å². The molecule has 2 unspecified atom stereocenters. The Morgan fingerprint density at radius 2 is 0.980 bits per heavy atom. The molecule has 0 aliphatic carbocycles. The molecule has 0 spiro atoms. The predicted octanol–water partition coefficient (Wildman–Crippen LogP) is 10.8. The molecular formula is C42H61ClO8. The maximum atomic E-state index is 12.3. The quantitative estimate of drug-likeness (QED) is 0.0415. The highest BCUT2D eigenvalue weighted by Crippen LogP contribution is 2.43. The molecule has 284 valence electrons. The van der Waals surface area contributed by atoms with E-state index in [1.165, 1.54) is 51.4 Å². The lowest BCUT2D eigenvalue weighted by molar-refractivity contribution is -0.154. The zero-order valence-electron chi connectivity index (χ0n) is 31.5. The van der Waals surface area contributed by atoms with E-state index >= 15 is 0 Å². The molecule has 0 fully saturated rings. The molecule has 0 aromatic heterocycles. The van der Waals surface area contributed by atoms with E-state index < -0.39 is 12.2 Å². The number of hydrogen-bond donors (Lipinski definition) is 0. The van der Waals surface area contributed by atoms with E-state index in [1.807, 2.05) is 42.5 Å². The molecule has 0 aliphatic heterocycles. The van der Waals surface area contributed by atoms with Crippen LogP contribution in [0.1, 0.15) is 118 Å². The molecule has 2 atom stereocenters. The minimum atomic E-state index is -0.577. The van der Waals surface area contributed by atoms with E-state index in [0.717, 1.165) is 47.2 Å². The zero-order valence-corrected chi connectivity index (χ0v) is 32.2. The Morgan fingerprint density at radius 3 is 1.45 bits per heavy atom. The van der Waals surface area contributed by atoms with Crippen molar-refractivity contribution in [1.82, 2.24) is 0 Å². The molecular weight excluding hydrogens is 668 g/mol. The molecule has 0 aliphatic rings. The van der Waals surface area contributed by atoms with E-state index in [2.05, 4.69) is 13.8 Å². The number of benzene rings is 3. The maximum Gasteiger partial charge on any atom is 0.305 e. The van der Waals surface area contributed by atoms with Crippen LogP contribution in [0.15, 0.2) is 42.5 Å². The van der Waals surface area contributed by atoms with Crippen LogP contribution < -0.4 is 9.47 Å². The molecule has 9 heteroatoms. The van der Waals surface area contributed by atoms with Crippen molar-refractivity contribution in [2.75, 3.05) is 39.6 Å². The molecule has 0 N–H and O–H groups in total. The molecule has 0 amide bonds. The molecule has 0 saturated carbocycles. The van der Waals surface area contributed by atoms with Gasteiger partial charge in [0.2, 0.25) is 0 Å². The van der Waals surface area contributed by atoms with Crippen molar-refractivity contribution in [3.63, 3.8) is 0 Å². The van der Waals surface area contributed by atoms with Gasteiger partial charge in [-0.25, -0.2) is 0 Å². The number of ether oxygens (including phenoxy) is 6. The minimum absolute atomic E-state index is 0.110. The first-order valence-electron chi connectivity index (χ1n) is 19.4. The van der Waals surface area contributed by atoms with Crippen molar-refractivity contribution >= 4 is 45.1 Å². The molecule has 3 rings (SSSR count). The average Bonchev–Trinajstić information content (AvgIpc) is 3.14. The van der Waals surface area contributed by atoms with Crippen LogP contribution >= 0.6 is 11.6 Å². The molecule has 51 heavy (non-hydrogen) atoms. The second-order valence-corrected chi connectivity index (χ2v) is 13.6. The van der Waals surface area contributed by atoms with Crippen molar-refractivity contribution in [2.45, 2.75) is 130 Å². The van der Waals surface area contributed by atoms with Gasteiger partial charge in [0.1, 0.15) is 24.7 Å². The van der Waals surface area contributed by atoms with Gasteiger partial charge in [-0.05, 0) is 31.0 Å². The fourth-order valence-corrected chi connectivity index (χ4v) is 6.08. The van der Waals surface area contributed by atoms with E-state index in [9.17, 15) is 9.59 Å². The lowest BCUT2D eigenvalue weighted by atomic mass is 10.0.